The van der Waals surface area contributed by atoms with Gasteiger partial charge in [0.1, 0.15) is 0 Å². The van der Waals surface area contributed by atoms with E-state index in [0.717, 1.165) is 13.1 Å². The minimum absolute atomic E-state index is 1.01. The van der Waals surface area contributed by atoms with Crippen LogP contribution in [0.1, 0.15) is 86.6 Å². The third-order valence-electron chi connectivity index (χ3n) is 4.12. The second-order valence-electron chi connectivity index (χ2n) is 5.98. The molecule has 158 valence electrons. The molecule has 0 saturated carbocycles. The average Bonchev–Trinajstić information content (AvgIpc) is 3.40. The molecular weight excluding hydrogens is 330 g/mol. The molecule has 1 aromatic carbocycles. The highest BCUT2D eigenvalue weighted by molar-refractivity contribution is 5.79. The zero-order valence-electron chi connectivity index (χ0n) is 19.8. The molecule has 1 aliphatic rings. The summed E-state index contributed by atoms with van der Waals surface area (Å²) in [5.41, 5.74) is 2.56. The molecule has 0 unspecified atom stereocenters. The first-order valence-electron chi connectivity index (χ1n) is 11.4. The molecule has 0 radical (unpaired) electrons. The smallest absolute Gasteiger partial charge is 0.0683 e. The third kappa shape index (κ3) is 11.2. The van der Waals surface area contributed by atoms with Gasteiger partial charge in [-0.25, -0.2) is 0 Å². The summed E-state index contributed by atoms with van der Waals surface area (Å²) in [6.45, 7) is 23.1. The maximum absolute atomic E-state index is 4.49. The van der Waals surface area contributed by atoms with Gasteiger partial charge < -0.3 is 4.90 Å². The second-order valence-corrected chi connectivity index (χ2v) is 5.98. The quantitative estimate of drug-likeness (QED) is 0.556. The minimum atomic E-state index is 1.01. The van der Waals surface area contributed by atoms with Gasteiger partial charge in [-0.3, -0.25) is 4.68 Å². The van der Waals surface area contributed by atoms with Crippen molar-refractivity contribution in [1.29, 1.82) is 0 Å². The Hall–Kier alpha value is -1.35. The van der Waals surface area contributed by atoms with Gasteiger partial charge in [0.2, 0.25) is 0 Å². The van der Waals surface area contributed by atoms with Crippen LogP contribution in [0.5, 0.6) is 0 Å². The van der Waals surface area contributed by atoms with Gasteiger partial charge >= 0.3 is 0 Å². The molecule has 2 aromatic rings. The summed E-state index contributed by atoms with van der Waals surface area (Å²) in [5, 5.41) is 5.74. The number of likely N-dealkylation sites (tertiary alicyclic amines) is 1. The zero-order valence-corrected chi connectivity index (χ0v) is 19.8. The van der Waals surface area contributed by atoms with Crippen LogP contribution in [0.3, 0.4) is 0 Å². The Morgan fingerprint density at radius 1 is 0.852 bits per heavy atom. The Morgan fingerprint density at radius 3 is 1.93 bits per heavy atom. The lowest BCUT2D eigenvalue weighted by molar-refractivity contribution is 0.318. The van der Waals surface area contributed by atoms with Crippen molar-refractivity contribution in [3.8, 4) is 0 Å². The number of hydrogen-bond donors (Lipinski definition) is 0. The van der Waals surface area contributed by atoms with Crippen LogP contribution in [-0.4, -0.2) is 34.3 Å². The van der Waals surface area contributed by atoms with Gasteiger partial charge in [-0.15, -0.1) is 0 Å². The van der Waals surface area contributed by atoms with E-state index in [1.807, 2.05) is 47.7 Å². The van der Waals surface area contributed by atoms with Crippen molar-refractivity contribution in [2.75, 3.05) is 19.6 Å². The van der Waals surface area contributed by atoms with E-state index < -0.39 is 0 Å². The van der Waals surface area contributed by atoms with E-state index in [2.05, 4.69) is 53.7 Å². The standard InChI is InChI=1S/C14H19N3.C4H10.3C2H6/c1-12-4-5-14-13(10-12)11-15-17(14)9-8-16-6-2-3-7-16;1-3-4-2;3*1-2/h4-5,10-11H,2-3,6-9H2,1H3;3-4H2,1-2H3;3*1-2H3. The molecule has 3 nitrogen and oxygen atoms in total. The number of fused-ring (bicyclic) bond motifs is 1. The van der Waals surface area contributed by atoms with Gasteiger partial charge in [-0.05, 0) is 45.0 Å². The SMILES string of the molecule is CC.CC.CC.CCCC.Cc1ccc2c(cnn2CCN2CCCC2)c1. The van der Waals surface area contributed by atoms with Gasteiger partial charge in [0.15, 0.2) is 0 Å². The van der Waals surface area contributed by atoms with Crippen molar-refractivity contribution >= 4 is 10.9 Å². The van der Waals surface area contributed by atoms with Gasteiger partial charge in [0, 0.05) is 11.9 Å². The molecule has 0 N–H and O–H groups in total. The number of aromatic nitrogens is 2. The number of aryl methyl sites for hydroxylation is 1. The van der Waals surface area contributed by atoms with Gasteiger partial charge in [-0.1, -0.05) is 79.9 Å². The maximum atomic E-state index is 4.49. The number of nitrogens with zero attached hydrogens (tertiary/aromatic N) is 3. The first kappa shape index (κ1) is 27.9. The largest absolute Gasteiger partial charge is 0.301 e. The number of rotatable bonds is 4. The van der Waals surface area contributed by atoms with E-state index in [9.17, 15) is 0 Å². The summed E-state index contributed by atoms with van der Waals surface area (Å²) in [5.74, 6) is 0. The van der Waals surface area contributed by atoms with Gasteiger partial charge in [-0.2, -0.15) is 5.10 Å². The van der Waals surface area contributed by atoms with Crippen molar-refractivity contribution in [1.82, 2.24) is 14.7 Å². The number of benzene rings is 1. The zero-order chi connectivity index (χ0) is 21.1. The van der Waals surface area contributed by atoms with E-state index in [1.165, 1.54) is 55.2 Å². The summed E-state index contributed by atoms with van der Waals surface area (Å²) in [6, 6.07) is 6.55. The lowest BCUT2D eigenvalue weighted by atomic mass is 10.2. The van der Waals surface area contributed by atoms with Crippen LogP contribution in [0.4, 0.5) is 0 Å². The number of hydrogen-bond acceptors (Lipinski definition) is 2. The van der Waals surface area contributed by atoms with Crippen LogP contribution in [0.25, 0.3) is 10.9 Å². The first-order valence-corrected chi connectivity index (χ1v) is 11.4. The highest BCUT2D eigenvalue weighted by atomic mass is 15.3. The molecule has 1 aliphatic heterocycles. The predicted octanol–water partition coefficient (Wildman–Crippen LogP) is 7.33. The lowest BCUT2D eigenvalue weighted by Crippen LogP contribution is -2.24. The molecule has 1 aromatic heterocycles. The van der Waals surface area contributed by atoms with E-state index in [0.29, 0.717) is 0 Å². The Bertz CT molecular complexity index is 538. The molecule has 27 heavy (non-hydrogen) atoms. The first-order chi connectivity index (χ1) is 13.2. The van der Waals surface area contributed by atoms with E-state index in [4.69, 9.17) is 0 Å². The monoisotopic (exact) mass is 377 g/mol. The molecule has 3 rings (SSSR count). The topological polar surface area (TPSA) is 21.1 Å². The fourth-order valence-corrected chi connectivity index (χ4v) is 2.63. The third-order valence-corrected chi connectivity index (χ3v) is 4.12. The van der Waals surface area contributed by atoms with Crippen LogP contribution in [0, 0.1) is 6.92 Å². The Kier molecular flexibility index (Phi) is 20.0. The van der Waals surface area contributed by atoms with Crippen molar-refractivity contribution in [2.24, 2.45) is 0 Å². The minimum Gasteiger partial charge on any atom is -0.301 e. The molecule has 3 heteroatoms. The molecule has 1 fully saturated rings. The summed E-state index contributed by atoms with van der Waals surface area (Å²) >= 11 is 0. The summed E-state index contributed by atoms with van der Waals surface area (Å²) in [6.07, 6.45) is 7.34. The van der Waals surface area contributed by atoms with Crippen molar-refractivity contribution in [3.63, 3.8) is 0 Å². The van der Waals surface area contributed by atoms with E-state index >= 15 is 0 Å². The molecule has 0 bridgehead atoms. The molecule has 0 spiro atoms. The van der Waals surface area contributed by atoms with E-state index in [1.54, 1.807) is 0 Å². The molecule has 2 heterocycles. The van der Waals surface area contributed by atoms with Crippen molar-refractivity contribution < 1.29 is 0 Å². The van der Waals surface area contributed by atoms with Crippen LogP contribution in [0.15, 0.2) is 24.4 Å². The normalized spacial score (nSPS) is 12.5. The van der Waals surface area contributed by atoms with Crippen LogP contribution in [0.2, 0.25) is 0 Å². The second kappa shape index (κ2) is 19.4. The van der Waals surface area contributed by atoms with E-state index in [-0.39, 0.29) is 0 Å². The van der Waals surface area contributed by atoms with Gasteiger partial charge in [0.25, 0.3) is 0 Å². The fraction of sp³-hybridized carbons (Fsp3) is 0.708. The average molecular weight is 378 g/mol. The highest BCUT2D eigenvalue weighted by Gasteiger charge is 2.11. The van der Waals surface area contributed by atoms with Crippen molar-refractivity contribution in [3.05, 3.63) is 30.0 Å². The van der Waals surface area contributed by atoms with Crippen LogP contribution >= 0.6 is 0 Å². The van der Waals surface area contributed by atoms with Gasteiger partial charge in [0.05, 0.1) is 18.3 Å². The van der Waals surface area contributed by atoms with Crippen molar-refractivity contribution in [2.45, 2.75) is 94.5 Å². The molecular formula is C24H47N3. The Morgan fingerprint density at radius 2 is 1.41 bits per heavy atom. The molecule has 1 saturated heterocycles. The summed E-state index contributed by atoms with van der Waals surface area (Å²) < 4.78 is 2.13. The predicted molar refractivity (Wildman–Crippen MR) is 125 cm³/mol. The highest BCUT2D eigenvalue weighted by Crippen LogP contribution is 2.15. The fourth-order valence-electron chi connectivity index (χ4n) is 2.63. The maximum Gasteiger partial charge on any atom is 0.0683 e. The Balaban J connectivity index is 0. The molecule has 0 atom stereocenters. The van der Waals surface area contributed by atoms with Crippen LogP contribution < -0.4 is 0 Å². The Labute approximate surface area is 170 Å². The summed E-state index contributed by atoms with van der Waals surface area (Å²) in [4.78, 5) is 2.53. The lowest BCUT2D eigenvalue weighted by Gasteiger charge is -2.14. The van der Waals surface area contributed by atoms with Crippen LogP contribution in [-0.2, 0) is 6.54 Å². The summed E-state index contributed by atoms with van der Waals surface area (Å²) in [7, 11) is 0. The number of unbranched alkanes of at least 4 members (excludes halogenated alkanes) is 1. The molecule has 0 aliphatic carbocycles. The molecule has 0 amide bonds.